The number of benzene rings is 2. The molecule has 0 atom stereocenters. The van der Waals surface area contributed by atoms with Crippen LogP contribution in [0.15, 0.2) is 42.5 Å². The standard InChI is InChI=1S/C18H17ClN2O4/c1-18(2)17(23)21-14-9-12(5-8-15(14)25-18)20-16(22)10-24-13-6-3-11(19)4-7-13/h3-9H,10H2,1-2H3,(H,20,22)(H,21,23). The number of hydrogen-bond acceptors (Lipinski definition) is 4. The molecule has 0 fully saturated rings. The van der Waals surface area contributed by atoms with E-state index in [9.17, 15) is 9.59 Å². The molecule has 0 spiro atoms. The Labute approximate surface area is 150 Å². The van der Waals surface area contributed by atoms with Crippen molar-refractivity contribution >= 4 is 34.8 Å². The molecule has 0 aromatic heterocycles. The second-order valence-electron chi connectivity index (χ2n) is 6.07. The summed E-state index contributed by atoms with van der Waals surface area (Å²) in [5.41, 5.74) is 0.122. The Morgan fingerprint density at radius 2 is 1.96 bits per heavy atom. The summed E-state index contributed by atoms with van der Waals surface area (Å²) >= 11 is 5.79. The van der Waals surface area contributed by atoms with Gasteiger partial charge in [0, 0.05) is 10.7 Å². The summed E-state index contributed by atoms with van der Waals surface area (Å²) in [5, 5.41) is 6.08. The molecule has 3 rings (SSSR count). The lowest BCUT2D eigenvalue weighted by molar-refractivity contribution is -0.129. The van der Waals surface area contributed by atoms with Crippen molar-refractivity contribution in [3.63, 3.8) is 0 Å². The topological polar surface area (TPSA) is 76.7 Å². The number of rotatable bonds is 4. The number of halogens is 1. The third-order valence-electron chi connectivity index (χ3n) is 3.61. The minimum Gasteiger partial charge on any atom is -0.484 e. The average molecular weight is 361 g/mol. The summed E-state index contributed by atoms with van der Waals surface area (Å²) in [4.78, 5) is 23.9. The summed E-state index contributed by atoms with van der Waals surface area (Å²) in [6.45, 7) is 3.23. The minimum absolute atomic E-state index is 0.144. The van der Waals surface area contributed by atoms with E-state index in [1.807, 2.05) is 0 Å². The smallest absolute Gasteiger partial charge is 0.268 e. The Morgan fingerprint density at radius 1 is 1.24 bits per heavy atom. The Kier molecular flexibility index (Phi) is 4.55. The van der Waals surface area contributed by atoms with Gasteiger partial charge in [-0.25, -0.2) is 0 Å². The van der Waals surface area contributed by atoms with Gasteiger partial charge in [0.15, 0.2) is 12.2 Å². The van der Waals surface area contributed by atoms with Crippen LogP contribution in [-0.2, 0) is 9.59 Å². The van der Waals surface area contributed by atoms with E-state index in [4.69, 9.17) is 21.1 Å². The maximum Gasteiger partial charge on any atom is 0.268 e. The van der Waals surface area contributed by atoms with E-state index < -0.39 is 5.60 Å². The van der Waals surface area contributed by atoms with Crippen molar-refractivity contribution in [1.29, 1.82) is 0 Å². The van der Waals surface area contributed by atoms with Gasteiger partial charge in [0.2, 0.25) is 0 Å². The van der Waals surface area contributed by atoms with E-state index in [0.717, 1.165) is 0 Å². The van der Waals surface area contributed by atoms with Gasteiger partial charge in [-0.15, -0.1) is 0 Å². The van der Waals surface area contributed by atoms with Gasteiger partial charge in [-0.2, -0.15) is 0 Å². The van der Waals surface area contributed by atoms with Crippen molar-refractivity contribution in [2.45, 2.75) is 19.4 Å². The van der Waals surface area contributed by atoms with Crippen molar-refractivity contribution < 1.29 is 19.1 Å². The van der Waals surface area contributed by atoms with Gasteiger partial charge in [-0.05, 0) is 56.3 Å². The van der Waals surface area contributed by atoms with Crippen LogP contribution in [0.4, 0.5) is 11.4 Å². The van der Waals surface area contributed by atoms with Gasteiger partial charge in [-0.3, -0.25) is 9.59 Å². The van der Waals surface area contributed by atoms with Crippen LogP contribution in [-0.4, -0.2) is 24.0 Å². The van der Waals surface area contributed by atoms with Crippen LogP contribution in [0.25, 0.3) is 0 Å². The van der Waals surface area contributed by atoms with Gasteiger partial charge < -0.3 is 20.1 Å². The van der Waals surface area contributed by atoms with Crippen molar-refractivity contribution in [1.82, 2.24) is 0 Å². The van der Waals surface area contributed by atoms with Crippen molar-refractivity contribution in [3.05, 3.63) is 47.5 Å². The molecule has 2 aromatic rings. The molecule has 2 aromatic carbocycles. The summed E-state index contributed by atoms with van der Waals surface area (Å²) < 4.78 is 11.0. The van der Waals surface area contributed by atoms with Crippen molar-refractivity contribution in [2.75, 3.05) is 17.2 Å². The van der Waals surface area contributed by atoms with Crippen LogP contribution in [0.3, 0.4) is 0 Å². The molecule has 0 aliphatic carbocycles. The molecule has 25 heavy (non-hydrogen) atoms. The van der Waals surface area contributed by atoms with Gasteiger partial charge in [0.1, 0.15) is 11.5 Å². The van der Waals surface area contributed by atoms with Crippen LogP contribution in [0.2, 0.25) is 5.02 Å². The first-order chi connectivity index (χ1) is 11.8. The molecule has 0 bridgehead atoms. The average Bonchev–Trinajstić information content (AvgIpc) is 2.55. The second kappa shape index (κ2) is 6.64. The highest BCUT2D eigenvalue weighted by molar-refractivity contribution is 6.30. The molecule has 6 nitrogen and oxygen atoms in total. The normalized spacial score (nSPS) is 14.8. The number of carbonyl (C=O) groups excluding carboxylic acids is 2. The van der Waals surface area contributed by atoms with E-state index in [-0.39, 0.29) is 18.4 Å². The summed E-state index contributed by atoms with van der Waals surface area (Å²) in [6, 6.07) is 11.8. The lowest BCUT2D eigenvalue weighted by Gasteiger charge is -2.31. The Balaban J connectivity index is 1.61. The number of hydrogen-bond donors (Lipinski definition) is 2. The van der Waals surface area contributed by atoms with Crippen LogP contribution >= 0.6 is 11.6 Å². The predicted molar refractivity (Wildman–Crippen MR) is 95.4 cm³/mol. The lowest BCUT2D eigenvalue weighted by Crippen LogP contribution is -2.45. The summed E-state index contributed by atoms with van der Waals surface area (Å²) in [6.07, 6.45) is 0. The Hall–Kier alpha value is -2.73. The van der Waals surface area contributed by atoms with Crippen molar-refractivity contribution in [3.8, 4) is 11.5 Å². The van der Waals surface area contributed by atoms with E-state index in [1.165, 1.54) is 0 Å². The first kappa shape index (κ1) is 17.1. The molecule has 1 aliphatic rings. The number of fused-ring (bicyclic) bond motifs is 1. The maximum atomic E-state index is 12.0. The molecule has 7 heteroatoms. The highest BCUT2D eigenvalue weighted by Gasteiger charge is 2.35. The Bertz CT molecular complexity index is 818. The lowest BCUT2D eigenvalue weighted by atomic mass is 10.1. The molecule has 0 saturated carbocycles. The highest BCUT2D eigenvalue weighted by Crippen LogP contribution is 2.35. The third-order valence-corrected chi connectivity index (χ3v) is 3.86. The third kappa shape index (κ3) is 4.03. The first-order valence-electron chi connectivity index (χ1n) is 7.66. The molecule has 0 saturated heterocycles. The van der Waals surface area contributed by atoms with E-state index in [2.05, 4.69) is 10.6 Å². The number of carbonyl (C=O) groups is 2. The monoisotopic (exact) mass is 360 g/mol. The molecule has 0 unspecified atom stereocenters. The Morgan fingerprint density at radius 3 is 2.68 bits per heavy atom. The molecule has 2 amide bonds. The quantitative estimate of drug-likeness (QED) is 0.875. The van der Waals surface area contributed by atoms with Gasteiger partial charge >= 0.3 is 0 Å². The fraction of sp³-hybridized carbons (Fsp3) is 0.222. The van der Waals surface area contributed by atoms with Crippen molar-refractivity contribution in [2.24, 2.45) is 0 Å². The second-order valence-corrected chi connectivity index (χ2v) is 6.50. The summed E-state index contributed by atoms with van der Waals surface area (Å²) in [7, 11) is 0. The zero-order valence-corrected chi connectivity index (χ0v) is 14.5. The molecule has 1 aliphatic heterocycles. The number of nitrogens with one attached hydrogen (secondary N) is 2. The van der Waals surface area contributed by atoms with Crippen LogP contribution in [0.1, 0.15) is 13.8 Å². The highest BCUT2D eigenvalue weighted by atomic mass is 35.5. The van der Waals surface area contributed by atoms with E-state index in [0.29, 0.717) is 27.9 Å². The van der Waals surface area contributed by atoms with Gasteiger partial charge in [0.05, 0.1) is 5.69 Å². The van der Waals surface area contributed by atoms with Gasteiger partial charge in [0.25, 0.3) is 11.8 Å². The predicted octanol–water partition coefficient (Wildman–Crippen LogP) is 3.47. The number of anilines is 2. The largest absolute Gasteiger partial charge is 0.484 e. The van der Waals surface area contributed by atoms with Gasteiger partial charge in [-0.1, -0.05) is 11.6 Å². The molecule has 2 N–H and O–H groups in total. The van der Waals surface area contributed by atoms with Crippen LogP contribution in [0.5, 0.6) is 11.5 Å². The minimum atomic E-state index is -0.926. The zero-order chi connectivity index (χ0) is 18.0. The fourth-order valence-electron chi connectivity index (χ4n) is 2.27. The zero-order valence-electron chi connectivity index (χ0n) is 13.8. The van der Waals surface area contributed by atoms with E-state index >= 15 is 0 Å². The SMILES string of the molecule is CC1(C)Oc2ccc(NC(=O)COc3ccc(Cl)cc3)cc2NC1=O. The van der Waals surface area contributed by atoms with E-state index in [1.54, 1.807) is 56.3 Å². The summed E-state index contributed by atoms with van der Waals surface area (Å²) in [5.74, 6) is 0.542. The molecular weight excluding hydrogens is 344 g/mol. The molecular formula is C18H17ClN2O4. The fourth-order valence-corrected chi connectivity index (χ4v) is 2.39. The number of amides is 2. The maximum absolute atomic E-state index is 12.0. The van der Waals surface area contributed by atoms with Crippen LogP contribution < -0.4 is 20.1 Å². The number of ether oxygens (including phenoxy) is 2. The molecule has 130 valence electrons. The molecule has 0 radical (unpaired) electrons. The molecule has 1 heterocycles. The first-order valence-corrected chi connectivity index (χ1v) is 8.04. The van der Waals surface area contributed by atoms with Crippen LogP contribution in [0, 0.1) is 0 Å².